The van der Waals surface area contributed by atoms with Gasteiger partial charge >= 0.3 is 0 Å². The van der Waals surface area contributed by atoms with Crippen LogP contribution in [0.2, 0.25) is 0 Å². The maximum Gasteiger partial charge on any atom is 0.240 e. The Balaban J connectivity index is 2.09. The summed E-state index contributed by atoms with van der Waals surface area (Å²) >= 11 is 1.48. The molecule has 0 spiro atoms. The summed E-state index contributed by atoms with van der Waals surface area (Å²) in [5.41, 5.74) is 6.38. The first kappa shape index (κ1) is 14.1. The Bertz CT molecular complexity index is 648. The number of rotatable bonds is 5. The van der Waals surface area contributed by atoms with Crippen LogP contribution < -0.4 is 10.5 Å². The molecular formula is C12H15N3O2S2. The van der Waals surface area contributed by atoms with E-state index in [9.17, 15) is 8.42 Å². The Morgan fingerprint density at radius 2 is 2.00 bits per heavy atom. The van der Waals surface area contributed by atoms with Crippen molar-refractivity contribution in [2.75, 3.05) is 0 Å². The highest BCUT2D eigenvalue weighted by atomic mass is 32.2. The lowest BCUT2D eigenvalue weighted by Gasteiger charge is -2.06. The van der Waals surface area contributed by atoms with E-state index >= 15 is 0 Å². The number of thiazole rings is 1. The number of aromatic nitrogens is 1. The zero-order chi connectivity index (χ0) is 13.9. The van der Waals surface area contributed by atoms with Gasteiger partial charge in [0.05, 0.1) is 9.90 Å². The number of hydrogen-bond donors (Lipinski definition) is 2. The van der Waals surface area contributed by atoms with Crippen molar-refractivity contribution < 1.29 is 8.42 Å². The largest absolute Gasteiger partial charge is 0.326 e. The Morgan fingerprint density at radius 1 is 1.32 bits per heavy atom. The van der Waals surface area contributed by atoms with Gasteiger partial charge in [-0.25, -0.2) is 18.1 Å². The second-order valence-corrected chi connectivity index (χ2v) is 7.10. The molecule has 0 atom stereocenters. The molecule has 0 aliphatic rings. The summed E-state index contributed by atoms with van der Waals surface area (Å²) in [4.78, 5) is 5.21. The molecule has 0 saturated heterocycles. The van der Waals surface area contributed by atoms with Gasteiger partial charge in [0, 0.05) is 24.2 Å². The van der Waals surface area contributed by atoms with Crippen LogP contribution in [0.3, 0.4) is 0 Å². The number of sulfonamides is 1. The fourth-order valence-electron chi connectivity index (χ4n) is 1.54. The minimum atomic E-state index is -3.49. The third-order valence-electron chi connectivity index (χ3n) is 2.57. The molecule has 1 heterocycles. The maximum absolute atomic E-state index is 12.1. The Morgan fingerprint density at radius 3 is 2.53 bits per heavy atom. The molecule has 102 valence electrons. The van der Waals surface area contributed by atoms with Gasteiger partial charge in [0.2, 0.25) is 10.0 Å². The quantitative estimate of drug-likeness (QED) is 0.873. The molecule has 0 aliphatic carbocycles. The van der Waals surface area contributed by atoms with Crippen LogP contribution in [0.1, 0.15) is 15.4 Å². The molecule has 0 saturated carbocycles. The molecular weight excluding hydrogens is 282 g/mol. The third-order valence-corrected chi connectivity index (χ3v) is 4.90. The minimum absolute atomic E-state index is 0.242. The van der Waals surface area contributed by atoms with Crippen molar-refractivity contribution in [3.63, 3.8) is 0 Å². The SMILES string of the molecule is Cc1ncc(CNS(=O)(=O)c2ccc(CN)cc2)s1. The maximum atomic E-state index is 12.1. The fourth-order valence-corrected chi connectivity index (χ4v) is 3.37. The molecule has 0 unspecified atom stereocenters. The highest BCUT2D eigenvalue weighted by molar-refractivity contribution is 7.89. The van der Waals surface area contributed by atoms with Crippen LogP contribution >= 0.6 is 11.3 Å². The Labute approximate surface area is 116 Å². The van der Waals surface area contributed by atoms with Crippen molar-refractivity contribution in [2.45, 2.75) is 24.9 Å². The Hall–Kier alpha value is -1.28. The second-order valence-electron chi connectivity index (χ2n) is 4.02. The van der Waals surface area contributed by atoms with Gasteiger partial charge in [-0.1, -0.05) is 12.1 Å². The molecule has 0 fully saturated rings. The van der Waals surface area contributed by atoms with Crippen LogP contribution in [0.4, 0.5) is 0 Å². The lowest BCUT2D eigenvalue weighted by molar-refractivity contribution is 0.581. The smallest absolute Gasteiger partial charge is 0.240 e. The number of benzene rings is 1. The van der Waals surface area contributed by atoms with Crippen LogP contribution in [0.15, 0.2) is 35.4 Å². The van der Waals surface area contributed by atoms with Gasteiger partial charge in [-0.3, -0.25) is 0 Å². The topological polar surface area (TPSA) is 85.1 Å². The summed E-state index contributed by atoms with van der Waals surface area (Å²) in [5.74, 6) is 0. The van der Waals surface area contributed by atoms with Crippen LogP contribution in [0.5, 0.6) is 0 Å². The van der Waals surface area contributed by atoms with Gasteiger partial charge in [0.25, 0.3) is 0 Å². The zero-order valence-electron chi connectivity index (χ0n) is 10.5. The van der Waals surface area contributed by atoms with Crippen LogP contribution in [-0.4, -0.2) is 13.4 Å². The van der Waals surface area contributed by atoms with Gasteiger partial charge < -0.3 is 5.73 Å². The van der Waals surface area contributed by atoms with Gasteiger partial charge in [-0.15, -0.1) is 11.3 Å². The lowest BCUT2D eigenvalue weighted by Crippen LogP contribution is -2.22. The molecule has 5 nitrogen and oxygen atoms in total. The summed E-state index contributed by atoms with van der Waals surface area (Å²) < 4.78 is 26.7. The van der Waals surface area contributed by atoms with E-state index in [-0.39, 0.29) is 11.4 Å². The second kappa shape index (κ2) is 5.79. The summed E-state index contributed by atoms with van der Waals surface area (Å²) in [6, 6.07) is 6.54. The summed E-state index contributed by atoms with van der Waals surface area (Å²) in [6.45, 7) is 2.54. The number of hydrogen-bond acceptors (Lipinski definition) is 5. The molecule has 2 rings (SSSR count). The predicted molar refractivity (Wildman–Crippen MR) is 75.2 cm³/mol. The van der Waals surface area contributed by atoms with Gasteiger partial charge in [-0.05, 0) is 24.6 Å². The van der Waals surface area contributed by atoms with Crippen molar-refractivity contribution in [3.8, 4) is 0 Å². The van der Waals surface area contributed by atoms with E-state index in [0.717, 1.165) is 15.4 Å². The van der Waals surface area contributed by atoms with Crippen molar-refractivity contribution >= 4 is 21.4 Å². The minimum Gasteiger partial charge on any atom is -0.326 e. The fraction of sp³-hybridized carbons (Fsp3) is 0.250. The molecule has 2 aromatic rings. The molecule has 7 heteroatoms. The first-order valence-corrected chi connectivity index (χ1v) is 8.01. The van der Waals surface area contributed by atoms with Crippen molar-refractivity contribution in [1.29, 1.82) is 0 Å². The molecule has 0 bridgehead atoms. The monoisotopic (exact) mass is 297 g/mol. The van der Waals surface area contributed by atoms with Crippen molar-refractivity contribution in [3.05, 3.63) is 45.9 Å². The molecule has 3 N–H and O–H groups in total. The van der Waals surface area contributed by atoms with E-state index in [4.69, 9.17) is 5.73 Å². The Kier molecular flexibility index (Phi) is 4.31. The average molecular weight is 297 g/mol. The third kappa shape index (κ3) is 3.60. The van der Waals surface area contributed by atoms with E-state index < -0.39 is 10.0 Å². The first-order valence-electron chi connectivity index (χ1n) is 5.71. The van der Waals surface area contributed by atoms with E-state index in [1.165, 1.54) is 11.3 Å². The number of nitrogens with zero attached hydrogens (tertiary/aromatic N) is 1. The van der Waals surface area contributed by atoms with Gasteiger partial charge in [0.15, 0.2) is 0 Å². The molecule has 1 aromatic carbocycles. The van der Waals surface area contributed by atoms with Crippen molar-refractivity contribution in [1.82, 2.24) is 9.71 Å². The lowest BCUT2D eigenvalue weighted by atomic mass is 10.2. The number of nitrogens with one attached hydrogen (secondary N) is 1. The first-order chi connectivity index (χ1) is 9.01. The molecule has 0 radical (unpaired) electrons. The highest BCUT2D eigenvalue weighted by Gasteiger charge is 2.13. The number of nitrogens with two attached hydrogens (primary N) is 1. The van der Waals surface area contributed by atoms with Gasteiger partial charge in [-0.2, -0.15) is 0 Å². The highest BCUT2D eigenvalue weighted by Crippen LogP contribution is 2.14. The predicted octanol–water partition coefficient (Wildman–Crippen LogP) is 1.39. The summed E-state index contributed by atoms with van der Waals surface area (Å²) in [6.07, 6.45) is 1.68. The van der Waals surface area contributed by atoms with Crippen LogP contribution in [0.25, 0.3) is 0 Å². The van der Waals surface area contributed by atoms with E-state index in [2.05, 4.69) is 9.71 Å². The van der Waals surface area contributed by atoms with Crippen molar-refractivity contribution in [2.24, 2.45) is 5.73 Å². The van der Waals surface area contributed by atoms with E-state index in [1.807, 2.05) is 6.92 Å². The summed E-state index contributed by atoms with van der Waals surface area (Å²) in [5, 5.41) is 0.918. The standard InChI is InChI=1S/C12H15N3O2S2/c1-9-14-7-11(18-9)8-15-19(16,17)12-4-2-10(6-13)3-5-12/h2-5,7,15H,6,8,13H2,1H3. The average Bonchev–Trinajstić information content (AvgIpc) is 2.82. The number of aryl methyl sites for hydroxylation is 1. The summed E-state index contributed by atoms with van der Waals surface area (Å²) in [7, 11) is -3.49. The normalized spacial score (nSPS) is 11.7. The van der Waals surface area contributed by atoms with Crippen LogP contribution in [0, 0.1) is 6.92 Å². The van der Waals surface area contributed by atoms with E-state index in [1.54, 1.807) is 30.5 Å². The van der Waals surface area contributed by atoms with Crippen LogP contribution in [-0.2, 0) is 23.1 Å². The molecule has 0 aliphatic heterocycles. The van der Waals surface area contributed by atoms with Gasteiger partial charge in [0.1, 0.15) is 0 Å². The van der Waals surface area contributed by atoms with E-state index in [0.29, 0.717) is 6.54 Å². The molecule has 19 heavy (non-hydrogen) atoms. The zero-order valence-corrected chi connectivity index (χ0v) is 12.1. The molecule has 0 amide bonds. The molecule has 1 aromatic heterocycles.